The Morgan fingerprint density at radius 1 is 0.875 bits per heavy atom. The van der Waals surface area contributed by atoms with E-state index < -0.39 is 0 Å². The first-order chi connectivity index (χ1) is 7.88. The summed E-state index contributed by atoms with van der Waals surface area (Å²) in [5, 5.41) is 0. The minimum atomic E-state index is -0.000670. The first-order valence-corrected chi connectivity index (χ1v) is 8.71. The Morgan fingerprint density at radius 2 is 1.50 bits per heavy atom. The van der Waals surface area contributed by atoms with Gasteiger partial charge < -0.3 is 0 Å². The van der Waals surface area contributed by atoms with E-state index in [1.165, 1.54) is 12.7 Å². The van der Waals surface area contributed by atoms with Crippen LogP contribution in [0.25, 0.3) is 0 Å². The second kappa shape index (κ2) is 6.30. The van der Waals surface area contributed by atoms with E-state index in [1.54, 1.807) is 0 Å². The monoisotopic (exact) mass is 341 g/mol. The van der Waals surface area contributed by atoms with Gasteiger partial charge in [0.1, 0.15) is 0 Å². The Hall–Kier alpha value is -0.480. The molecule has 0 unspecified atom stereocenters. The van der Waals surface area contributed by atoms with Crippen molar-refractivity contribution < 1.29 is 21.2 Å². The van der Waals surface area contributed by atoms with Crippen LogP contribution in [-0.4, -0.2) is 6.26 Å². The Kier molecular flexibility index (Phi) is 4.72. The van der Waals surface area contributed by atoms with Gasteiger partial charge in [0.25, 0.3) is 0 Å². The first-order valence-electron chi connectivity index (χ1n) is 5.16. The normalized spacial score (nSPS) is 10.6. The van der Waals surface area contributed by atoms with Crippen LogP contribution >= 0.6 is 11.8 Å². The average Bonchev–Trinajstić information content (AvgIpc) is 2.33. The van der Waals surface area contributed by atoms with Crippen molar-refractivity contribution >= 4 is 11.8 Å². The minimum absolute atomic E-state index is 0.000670. The maximum absolute atomic E-state index is 2.28. The molecule has 2 aromatic carbocycles. The third-order valence-corrected chi connectivity index (χ3v) is 5.48. The van der Waals surface area contributed by atoms with Crippen LogP contribution in [0.1, 0.15) is 5.56 Å². The van der Waals surface area contributed by atoms with E-state index in [1.807, 2.05) is 11.8 Å². The molecule has 2 rings (SSSR count). The van der Waals surface area contributed by atoms with Crippen molar-refractivity contribution in [2.75, 3.05) is 6.26 Å². The molecule has 0 atom stereocenters. The summed E-state index contributed by atoms with van der Waals surface area (Å²) in [6.07, 6.45) is 2.14. The molecule has 0 bridgehead atoms. The zero-order valence-corrected chi connectivity index (χ0v) is 12.2. The Balaban J connectivity index is 2.05. The van der Waals surface area contributed by atoms with Crippen LogP contribution < -0.4 is 21.2 Å². The van der Waals surface area contributed by atoms with Gasteiger partial charge in [-0.25, -0.2) is 0 Å². The molecule has 84 valence electrons. The van der Waals surface area contributed by atoms with Crippen LogP contribution in [0.15, 0.2) is 54.6 Å². The summed E-state index contributed by atoms with van der Waals surface area (Å²) in [6.45, 7) is 0. The van der Waals surface area contributed by atoms with E-state index in [0.29, 0.717) is 0 Å². The molecule has 0 aromatic heterocycles. The van der Waals surface area contributed by atoms with Gasteiger partial charge in [-0.05, 0) is 0 Å². The fourth-order valence-corrected chi connectivity index (χ4v) is 4.15. The number of hydrogen-bond donors (Lipinski definition) is 0. The van der Waals surface area contributed by atoms with E-state index >= 15 is 0 Å². The molecular formula is C14H14IS-. The number of thioether (sulfide) groups is 1. The molecule has 0 spiro atoms. The number of halogens is 1. The molecule has 0 amide bonds. The van der Waals surface area contributed by atoms with Gasteiger partial charge in [-0.3, -0.25) is 0 Å². The molecule has 2 heteroatoms. The molecule has 2 aromatic rings. The van der Waals surface area contributed by atoms with E-state index in [-0.39, 0.29) is 21.2 Å². The third-order valence-electron chi connectivity index (χ3n) is 2.18. The van der Waals surface area contributed by atoms with Gasteiger partial charge in [0, 0.05) is 0 Å². The maximum atomic E-state index is 2.28. The van der Waals surface area contributed by atoms with Crippen LogP contribution in [0.2, 0.25) is 0 Å². The number of rotatable bonds is 4. The molecule has 0 saturated carbocycles. The predicted molar refractivity (Wildman–Crippen MR) is 67.5 cm³/mol. The molecule has 0 aliphatic heterocycles. The summed E-state index contributed by atoms with van der Waals surface area (Å²) in [5.41, 5.74) is 1.42. The molecule has 0 fully saturated rings. The van der Waals surface area contributed by atoms with E-state index in [9.17, 15) is 0 Å². The SMILES string of the molecule is CSCc1ccc([I-]c2ccccc2)cc1. The molecular weight excluding hydrogens is 327 g/mol. The number of hydrogen-bond acceptors (Lipinski definition) is 1. The van der Waals surface area contributed by atoms with E-state index in [4.69, 9.17) is 0 Å². The van der Waals surface area contributed by atoms with Gasteiger partial charge in [-0.1, -0.05) is 0 Å². The summed E-state index contributed by atoms with van der Waals surface area (Å²) in [5.74, 6) is 1.12. The second-order valence-electron chi connectivity index (χ2n) is 3.45. The first kappa shape index (κ1) is 12.0. The average molecular weight is 341 g/mol. The molecule has 0 heterocycles. The Bertz CT molecular complexity index is 422. The van der Waals surface area contributed by atoms with Crippen molar-refractivity contribution in [3.8, 4) is 0 Å². The Morgan fingerprint density at radius 3 is 2.12 bits per heavy atom. The summed E-state index contributed by atoms with van der Waals surface area (Å²) in [4.78, 5) is 0. The van der Waals surface area contributed by atoms with Crippen LogP contribution in [0.5, 0.6) is 0 Å². The van der Waals surface area contributed by atoms with Crippen LogP contribution in [-0.2, 0) is 5.75 Å². The van der Waals surface area contributed by atoms with Crippen LogP contribution in [0.3, 0.4) is 0 Å². The van der Waals surface area contributed by atoms with Gasteiger partial charge in [0.2, 0.25) is 0 Å². The summed E-state index contributed by atoms with van der Waals surface area (Å²) >= 11 is 1.87. The molecule has 0 aliphatic rings. The molecule has 16 heavy (non-hydrogen) atoms. The molecule has 0 aliphatic carbocycles. The van der Waals surface area contributed by atoms with Crippen molar-refractivity contribution in [3.63, 3.8) is 0 Å². The summed E-state index contributed by atoms with van der Waals surface area (Å²) < 4.78 is 2.98. The molecule has 0 N–H and O–H groups in total. The van der Waals surface area contributed by atoms with Crippen molar-refractivity contribution in [2.24, 2.45) is 0 Å². The van der Waals surface area contributed by atoms with Gasteiger partial charge in [0.05, 0.1) is 0 Å². The second-order valence-corrected chi connectivity index (χ2v) is 7.35. The quantitative estimate of drug-likeness (QED) is 0.737. The fourth-order valence-electron chi connectivity index (χ4n) is 1.41. The standard InChI is InChI=1S/C14H14IS/c1-16-11-12-7-9-14(10-8-12)15-13-5-3-2-4-6-13/h2-10H,11H2,1H3/q-1. The van der Waals surface area contributed by atoms with Crippen LogP contribution in [0, 0.1) is 7.14 Å². The van der Waals surface area contributed by atoms with Crippen molar-refractivity contribution in [1.29, 1.82) is 0 Å². The van der Waals surface area contributed by atoms with Gasteiger partial charge >= 0.3 is 112 Å². The van der Waals surface area contributed by atoms with E-state index in [2.05, 4.69) is 60.9 Å². The van der Waals surface area contributed by atoms with Crippen molar-refractivity contribution in [1.82, 2.24) is 0 Å². The van der Waals surface area contributed by atoms with E-state index in [0.717, 1.165) is 5.75 Å². The van der Waals surface area contributed by atoms with Crippen LogP contribution in [0.4, 0.5) is 0 Å². The van der Waals surface area contributed by atoms with Gasteiger partial charge in [0.15, 0.2) is 0 Å². The van der Waals surface area contributed by atoms with Crippen molar-refractivity contribution in [2.45, 2.75) is 5.75 Å². The Labute approximate surface area is 112 Å². The summed E-state index contributed by atoms with van der Waals surface area (Å²) in [7, 11) is 0. The summed E-state index contributed by atoms with van der Waals surface area (Å²) in [6, 6.07) is 19.9. The number of benzene rings is 2. The predicted octanol–water partition coefficient (Wildman–Crippen LogP) is 0.678. The van der Waals surface area contributed by atoms with Gasteiger partial charge in [-0.15, -0.1) is 0 Å². The fraction of sp³-hybridized carbons (Fsp3) is 0.143. The zero-order valence-electron chi connectivity index (χ0n) is 9.19. The van der Waals surface area contributed by atoms with Crippen molar-refractivity contribution in [3.05, 3.63) is 67.3 Å². The van der Waals surface area contributed by atoms with Gasteiger partial charge in [-0.2, -0.15) is 0 Å². The molecule has 0 radical (unpaired) electrons. The third kappa shape index (κ3) is 3.52. The molecule has 0 nitrogen and oxygen atoms in total. The zero-order chi connectivity index (χ0) is 11.2. The topological polar surface area (TPSA) is 0 Å². The molecule has 0 saturated heterocycles.